The van der Waals surface area contributed by atoms with Gasteiger partial charge in [-0.3, -0.25) is 38.4 Å². The summed E-state index contributed by atoms with van der Waals surface area (Å²) < 4.78 is 9.20. The maximum atomic E-state index is 12.7. The van der Waals surface area contributed by atoms with Crippen LogP contribution in [0.25, 0.3) is 0 Å². The summed E-state index contributed by atoms with van der Waals surface area (Å²) in [7, 11) is 2.71. The molecule has 0 bridgehead atoms. The first-order valence-electron chi connectivity index (χ1n) is 22.1. The minimum absolute atomic E-state index is 0. The Labute approximate surface area is 427 Å². The molecule has 23 heteroatoms. The van der Waals surface area contributed by atoms with Crippen LogP contribution < -0.4 is 43.4 Å². The van der Waals surface area contributed by atoms with Crippen molar-refractivity contribution in [2.45, 2.75) is 101 Å². The number of hydrogen-bond donors (Lipinski definition) is 8. The molecule has 2 rings (SSSR count). The zero-order valence-corrected chi connectivity index (χ0v) is 43.4. The lowest BCUT2D eigenvalue weighted by molar-refractivity contribution is -0.141. The summed E-state index contributed by atoms with van der Waals surface area (Å²) in [5.41, 5.74) is 13.4. The van der Waals surface area contributed by atoms with Crippen molar-refractivity contribution in [2.75, 3.05) is 64.4 Å². The molecule has 0 aliphatic carbocycles. The quantitative estimate of drug-likeness (QED) is 0.0381. The van der Waals surface area contributed by atoms with Crippen molar-refractivity contribution in [3.05, 3.63) is 71.8 Å². The van der Waals surface area contributed by atoms with Gasteiger partial charge in [0.15, 0.2) is 0 Å². The molecule has 2 aromatic carbocycles. The Morgan fingerprint density at radius 3 is 1.19 bits per heavy atom. The van der Waals surface area contributed by atoms with E-state index in [4.69, 9.17) is 11.5 Å². The second kappa shape index (κ2) is 43.4. The molecule has 392 valence electrons. The number of ether oxygens (including phenoxy) is 2. The molecular weight excluding hydrogens is 976 g/mol. The molecule has 0 aromatic heterocycles. The van der Waals surface area contributed by atoms with E-state index >= 15 is 0 Å². The van der Waals surface area contributed by atoms with Crippen LogP contribution in [0.15, 0.2) is 60.7 Å². The normalized spacial score (nSPS) is 11.8. The minimum atomic E-state index is -0.781. The van der Waals surface area contributed by atoms with Crippen molar-refractivity contribution >= 4 is 95.7 Å². The van der Waals surface area contributed by atoms with Crippen LogP contribution in [0, 0.1) is 0 Å². The molecule has 0 aliphatic heterocycles. The van der Waals surface area contributed by atoms with E-state index in [1.807, 2.05) is 73.2 Å². The standard InChI is InChI=1S/2C23H36N4O5S.2ClH.H2O/c2*1-32-21(29)11-7-4-8-13-25-23(31)19(15-17-9-5-3-6-10-17)27-20(28)16-26-22(30)18(24)12-14-33-2;;;/h2*3,5-6,9-10,18-19H,4,7-8,11-16,24H2,1-2H3,(H,25,31)(H,26,30)(H,27,28);2*1H;1H2/t2*18-,19+;;;/m11.../s1. The highest BCUT2D eigenvalue weighted by Gasteiger charge is 2.24. The molecule has 0 saturated heterocycles. The molecule has 0 heterocycles. The third-order valence-corrected chi connectivity index (χ3v) is 11.1. The van der Waals surface area contributed by atoms with Crippen LogP contribution in [-0.2, 0) is 60.7 Å². The fourth-order valence-corrected chi connectivity index (χ4v) is 6.95. The summed E-state index contributed by atoms with van der Waals surface area (Å²) in [5.74, 6) is -1.31. The molecule has 4 atom stereocenters. The highest BCUT2D eigenvalue weighted by Crippen LogP contribution is 2.07. The van der Waals surface area contributed by atoms with E-state index in [9.17, 15) is 38.4 Å². The van der Waals surface area contributed by atoms with Gasteiger partial charge in [0, 0.05) is 38.8 Å². The Morgan fingerprint density at radius 2 is 0.870 bits per heavy atom. The highest BCUT2D eigenvalue weighted by molar-refractivity contribution is 7.98. The van der Waals surface area contributed by atoms with Crippen molar-refractivity contribution in [2.24, 2.45) is 11.5 Å². The number of rotatable bonds is 32. The number of esters is 2. The number of hydrogen-bond acceptors (Lipinski definition) is 14. The number of methoxy groups -OCH3 is 2. The number of unbranched alkanes of at least 4 members (excludes halogenated alkanes) is 4. The van der Waals surface area contributed by atoms with Gasteiger partial charge in [0.1, 0.15) is 12.1 Å². The van der Waals surface area contributed by atoms with E-state index in [0.717, 1.165) is 35.5 Å². The first-order chi connectivity index (χ1) is 31.7. The smallest absolute Gasteiger partial charge is 0.305 e. The van der Waals surface area contributed by atoms with E-state index in [-0.39, 0.29) is 67.1 Å². The van der Waals surface area contributed by atoms with Gasteiger partial charge >= 0.3 is 11.9 Å². The van der Waals surface area contributed by atoms with Crippen molar-refractivity contribution in [1.29, 1.82) is 0 Å². The zero-order valence-electron chi connectivity index (χ0n) is 40.2. The van der Waals surface area contributed by atoms with Crippen LogP contribution in [0.2, 0.25) is 0 Å². The number of carbonyl (C=O) groups excluding carboxylic acids is 8. The molecule has 0 saturated carbocycles. The van der Waals surface area contributed by atoms with Gasteiger partial charge in [-0.25, -0.2) is 0 Å². The fraction of sp³-hybridized carbons (Fsp3) is 0.565. The van der Waals surface area contributed by atoms with Gasteiger partial charge in [-0.2, -0.15) is 23.5 Å². The molecule has 0 aliphatic rings. The summed E-state index contributed by atoms with van der Waals surface area (Å²) in [5, 5.41) is 16.1. The van der Waals surface area contributed by atoms with Gasteiger partial charge in [0.2, 0.25) is 35.4 Å². The molecule has 69 heavy (non-hydrogen) atoms. The van der Waals surface area contributed by atoms with Gasteiger partial charge < -0.3 is 58.3 Å². The van der Waals surface area contributed by atoms with Crippen LogP contribution in [0.5, 0.6) is 0 Å². The molecule has 0 fully saturated rings. The number of carbonyl (C=O) groups is 8. The summed E-state index contributed by atoms with van der Waals surface area (Å²) in [4.78, 5) is 96.6. The Kier molecular flexibility index (Phi) is 43.1. The van der Waals surface area contributed by atoms with Gasteiger partial charge in [0.05, 0.1) is 39.4 Å². The van der Waals surface area contributed by atoms with Crippen LogP contribution in [0.1, 0.15) is 75.3 Å². The van der Waals surface area contributed by atoms with E-state index < -0.39 is 47.8 Å². The van der Waals surface area contributed by atoms with Gasteiger partial charge in [-0.1, -0.05) is 73.5 Å². The second-order valence-electron chi connectivity index (χ2n) is 15.2. The summed E-state index contributed by atoms with van der Waals surface area (Å²) in [6.07, 6.45) is 10.6. The van der Waals surface area contributed by atoms with Crippen LogP contribution in [-0.4, -0.2) is 141 Å². The third-order valence-electron chi connectivity index (χ3n) is 9.82. The molecular formula is C46H76Cl2N8O11S2. The zero-order chi connectivity index (χ0) is 49.0. The average molecular weight is 1050 g/mol. The first-order valence-corrected chi connectivity index (χ1v) is 24.9. The number of thioether (sulfide) groups is 2. The molecule has 0 spiro atoms. The summed E-state index contributed by atoms with van der Waals surface area (Å²) in [6, 6.07) is 15.8. The van der Waals surface area contributed by atoms with Crippen molar-refractivity contribution in [3.63, 3.8) is 0 Å². The van der Waals surface area contributed by atoms with E-state index in [1.54, 1.807) is 23.5 Å². The topological polar surface area (TPSA) is 311 Å². The van der Waals surface area contributed by atoms with Crippen molar-refractivity contribution < 1.29 is 53.3 Å². The molecule has 0 unspecified atom stereocenters. The first kappa shape index (κ1) is 68.6. The average Bonchev–Trinajstić information content (AvgIpc) is 3.32. The largest absolute Gasteiger partial charge is 0.469 e. The Hall–Kier alpha value is -4.64. The molecule has 19 nitrogen and oxygen atoms in total. The third kappa shape index (κ3) is 34.3. The number of halogens is 2. The Balaban J connectivity index is -0.00000121. The van der Waals surface area contributed by atoms with E-state index in [0.29, 0.717) is 77.3 Å². The van der Waals surface area contributed by atoms with Crippen LogP contribution >= 0.6 is 48.3 Å². The Morgan fingerprint density at radius 1 is 0.522 bits per heavy atom. The summed E-state index contributed by atoms with van der Waals surface area (Å²) >= 11 is 3.19. The molecule has 2 aromatic rings. The van der Waals surface area contributed by atoms with Crippen LogP contribution in [0.3, 0.4) is 0 Å². The van der Waals surface area contributed by atoms with Gasteiger partial charge in [0.25, 0.3) is 0 Å². The van der Waals surface area contributed by atoms with Crippen molar-refractivity contribution in [1.82, 2.24) is 31.9 Å². The van der Waals surface area contributed by atoms with Crippen molar-refractivity contribution in [3.8, 4) is 0 Å². The second-order valence-corrected chi connectivity index (χ2v) is 17.2. The molecule has 12 N–H and O–H groups in total. The molecule has 6 amide bonds. The maximum Gasteiger partial charge on any atom is 0.305 e. The Bertz CT molecular complexity index is 1640. The maximum absolute atomic E-state index is 12.7. The highest BCUT2D eigenvalue weighted by atomic mass is 35.5. The predicted octanol–water partition coefficient (Wildman–Crippen LogP) is 1.54. The number of benzene rings is 2. The van der Waals surface area contributed by atoms with E-state index in [1.165, 1.54) is 14.2 Å². The SMILES string of the molecule is COC(=O)CCCCCNC(=O)[C@H](Cc1ccccc1)NC(=O)CNC(=O)[C@H](N)CCSC.COC(=O)CCCCCNC(=O)[C@H](Cc1ccccc1)NC(=O)CNC(=O)[C@H](N)CCSC.Cl.Cl.O. The summed E-state index contributed by atoms with van der Waals surface area (Å²) in [6.45, 7) is 0.361. The fourth-order valence-electron chi connectivity index (χ4n) is 5.97. The number of nitrogens with two attached hydrogens (primary N) is 2. The van der Waals surface area contributed by atoms with E-state index in [2.05, 4.69) is 41.4 Å². The van der Waals surface area contributed by atoms with Gasteiger partial charge in [-0.15, -0.1) is 24.8 Å². The molecule has 0 radical (unpaired) electrons. The van der Waals surface area contributed by atoms with Gasteiger partial charge in [-0.05, 0) is 73.7 Å². The minimum Gasteiger partial charge on any atom is -0.469 e. The number of amides is 6. The monoisotopic (exact) mass is 1050 g/mol. The lowest BCUT2D eigenvalue weighted by Crippen LogP contribution is -2.52. The lowest BCUT2D eigenvalue weighted by atomic mass is 10.0. The van der Waals surface area contributed by atoms with Crippen LogP contribution in [0.4, 0.5) is 0 Å². The predicted molar refractivity (Wildman–Crippen MR) is 277 cm³/mol. The lowest BCUT2D eigenvalue weighted by Gasteiger charge is -2.19. The number of nitrogens with one attached hydrogen (secondary N) is 6.